The second kappa shape index (κ2) is 7.55. The van der Waals surface area contributed by atoms with Gasteiger partial charge in [0.15, 0.2) is 5.78 Å². The lowest BCUT2D eigenvalue weighted by atomic mass is 10.1. The zero-order valence-electron chi connectivity index (χ0n) is 11.3. The Hall–Kier alpha value is -2.20. The van der Waals surface area contributed by atoms with E-state index in [1.807, 2.05) is 6.07 Å². The molecule has 0 saturated carbocycles. The number of hydrogen-bond donors (Lipinski definition) is 0. The van der Waals surface area contributed by atoms with Gasteiger partial charge in [0, 0.05) is 35.0 Å². The van der Waals surface area contributed by atoms with E-state index in [9.17, 15) is 9.59 Å². The molecule has 1 heterocycles. The van der Waals surface area contributed by atoms with Crippen molar-refractivity contribution < 1.29 is 14.3 Å². The molecule has 0 spiro atoms. The van der Waals surface area contributed by atoms with Crippen molar-refractivity contribution in [3.63, 3.8) is 0 Å². The predicted molar refractivity (Wildman–Crippen MR) is 79.0 cm³/mol. The maximum absolute atomic E-state index is 11.9. The van der Waals surface area contributed by atoms with Gasteiger partial charge < -0.3 is 4.74 Å². The fraction of sp³-hybridized carbons (Fsp3) is 0.188. The molecule has 2 aromatic rings. The number of halogens is 1. The van der Waals surface area contributed by atoms with E-state index >= 15 is 0 Å². The van der Waals surface area contributed by atoms with Crippen molar-refractivity contribution in [1.29, 1.82) is 0 Å². The molecule has 0 amide bonds. The van der Waals surface area contributed by atoms with E-state index in [1.54, 1.807) is 42.7 Å². The molecule has 4 nitrogen and oxygen atoms in total. The van der Waals surface area contributed by atoms with Gasteiger partial charge in [-0.2, -0.15) is 0 Å². The third-order valence-electron chi connectivity index (χ3n) is 2.84. The molecule has 0 fully saturated rings. The van der Waals surface area contributed by atoms with Crippen molar-refractivity contribution in [3.8, 4) is 0 Å². The Kier molecular flexibility index (Phi) is 5.46. The quantitative estimate of drug-likeness (QED) is 0.606. The molecule has 2 rings (SSSR count). The van der Waals surface area contributed by atoms with Crippen LogP contribution in [-0.4, -0.2) is 16.7 Å². The molecule has 21 heavy (non-hydrogen) atoms. The van der Waals surface area contributed by atoms with E-state index in [4.69, 9.17) is 16.3 Å². The summed E-state index contributed by atoms with van der Waals surface area (Å²) >= 11 is 5.75. The number of ether oxygens (including phenoxy) is 1. The van der Waals surface area contributed by atoms with Gasteiger partial charge in [-0.3, -0.25) is 14.6 Å². The first-order chi connectivity index (χ1) is 10.1. The molecule has 0 bridgehead atoms. The molecule has 108 valence electrons. The van der Waals surface area contributed by atoms with E-state index in [1.165, 1.54) is 0 Å². The molecule has 0 saturated heterocycles. The first-order valence-electron chi connectivity index (χ1n) is 6.48. The van der Waals surface area contributed by atoms with Crippen molar-refractivity contribution in [1.82, 2.24) is 4.98 Å². The average Bonchev–Trinajstić information content (AvgIpc) is 2.52. The van der Waals surface area contributed by atoms with E-state index in [-0.39, 0.29) is 25.2 Å². The molecule has 1 aromatic carbocycles. The minimum Gasteiger partial charge on any atom is -0.461 e. The summed E-state index contributed by atoms with van der Waals surface area (Å²) in [5.74, 6) is -0.508. The van der Waals surface area contributed by atoms with E-state index < -0.39 is 5.97 Å². The summed E-state index contributed by atoms with van der Waals surface area (Å²) in [4.78, 5) is 27.4. The number of nitrogens with zero attached hydrogens (tertiary/aromatic N) is 1. The standard InChI is InChI=1S/C16H14ClNO3/c17-14-5-3-13(4-6-14)15(19)7-8-16(20)21-11-12-2-1-9-18-10-12/h1-6,9-10H,7-8,11H2. The van der Waals surface area contributed by atoms with Crippen LogP contribution in [0.4, 0.5) is 0 Å². The summed E-state index contributed by atoms with van der Waals surface area (Å²) in [6.07, 6.45) is 3.46. The molecular weight excluding hydrogens is 290 g/mol. The van der Waals surface area contributed by atoms with Crippen molar-refractivity contribution in [2.24, 2.45) is 0 Å². The van der Waals surface area contributed by atoms with Crippen LogP contribution in [0.15, 0.2) is 48.8 Å². The lowest BCUT2D eigenvalue weighted by Gasteiger charge is -2.04. The Balaban J connectivity index is 1.76. The molecule has 0 N–H and O–H groups in total. The zero-order valence-corrected chi connectivity index (χ0v) is 12.0. The fourth-order valence-electron chi connectivity index (χ4n) is 1.72. The Morgan fingerprint density at radius 2 is 1.86 bits per heavy atom. The maximum Gasteiger partial charge on any atom is 0.306 e. The minimum atomic E-state index is -0.402. The van der Waals surface area contributed by atoms with Crippen LogP contribution in [0.3, 0.4) is 0 Å². The first-order valence-corrected chi connectivity index (χ1v) is 6.86. The second-order valence-corrected chi connectivity index (χ2v) is 4.89. The number of rotatable bonds is 6. The van der Waals surface area contributed by atoms with Gasteiger partial charge in [0.2, 0.25) is 0 Å². The summed E-state index contributed by atoms with van der Waals surface area (Å²) < 4.78 is 5.08. The summed E-state index contributed by atoms with van der Waals surface area (Å²) in [6, 6.07) is 10.2. The molecule has 5 heteroatoms. The van der Waals surface area contributed by atoms with Crippen LogP contribution in [0, 0.1) is 0 Å². The predicted octanol–water partition coefficient (Wildman–Crippen LogP) is 3.44. The van der Waals surface area contributed by atoms with Gasteiger partial charge in [0.25, 0.3) is 0 Å². The van der Waals surface area contributed by atoms with Crippen LogP contribution in [0.2, 0.25) is 5.02 Å². The number of carbonyl (C=O) groups is 2. The minimum absolute atomic E-state index is 0.0573. The molecule has 0 radical (unpaired) electrons. The molecule has 0 aliphatic heterocycles. The Labute approximate surface area is 127 Å². The molecule has 1 aromatic heterocycles. The van der Waals surface area contributed by atoms with Crippen LogP contribution < -0.4 is 0 Å². The van der Waals surface area contributed by atoms with E-state index in [2.05, 4.69) is 4.98 Å². The number of hydrogen-bond acceptors (Lipinski definition) is 4. The summed E-state index contributed by atoms with van der Waals surface area (Å²) in [5, 5.41) is 0.572. The summed E-state index contributed by atoms with van der Waals surface area (Å²) in [5.41, 5.74) is 1.36. The number of pyridine rings is 1. The lowest BCUT2D eigenvalue weighted by Crippen LogP contribution is -2.08. The Bertz CT molecular complexity index is 611. The second-order valence-electron chi connectivity index (χ2n) is 4.45. The van der Waals surface area contributed by atoms with E-state index in [0.29, 0.717) is 10.6 Å². The normalized spacial score (nSPS) is 10.1. The van der Waals surface area contributed by atoms with Gasteiger partial charge >= 0.3 is 5.97 Å². The SMILES string of the molecule is O=C(CCC(=O)c1ccc(Cl)cc1)OCc1cccnc1. The highest BCUT2D eigenvalue weighted by Crippen LogP contribution is 2.12. The monoisotopic (exact) mass is 303 g/mol. The van der Waals surface area contributed by atoms with Gasteiger partial charge in [0.05, 0.1) is 6.42 Å². The van der Waals surface area contributed by atoms with Crippen LogP contribution in [-0.2, 0) is 16.1 Å². The molecule has 0 unspecified atom stereocenters. The third-order valence-corrected chi connectivity index (χ3v) is 3.10. The summed E-state index contributed by atoms with van der Waals surface area (Å²) in [6.45, 7) is 0.168. The largest absolute Gasteiger partial charge is 0.461 e. The molecule has 0 aliphatic rings. The third kappa shape index (κ3) is 5.00. The van der Waals surface area contributed by atoms with Gasteiger partial charge in [-0.25, -0.2) is 0 Å². The molecule has 0 atom stereocenters. The van der Waals surface area contributed by atoms with E-state index in [0.717, 1.165) is 5.56 Å². The number of ketones is 1. The number of benzene rings is 1. The average molecular weight is 304 g/mol. The van der Waals surface area contributed by atoms with Crippen molar-refractivity contribution in [2.75, 3.05) is 0 Å². The van der Waals surface area contributed by atoms with Crippen LogP contribution in [0.1, 0.15) is 28.8 Å². The smallest absolute Gasteiger partial charge is 0.306 e. The Morgan fingerprint density at radius 1 is 1.10 bits per heavy atom. The van der Waals surface area contributed by atoms with Gasteiger partial charge in [-0.1, -0.05) is 17.7 Å². The van der Waals surface area contributed by atoms with Gasteiger partial charge in [0.1, 0.15) is 6.61 Å². The lowest BCUT2D eigenvalue weighted by molar-refractivity contribution is -0.144. The highest BCUT2D eigenvalue weighted by atomic mass is 35.5. The molecular formula is C16H14ClNO3. The topological polar surface area (TPSA) is 56.3 Å². The van der Waals surface area contributed by atoms with Crippen LogP contribution in [0.5, 0.6) is 0 Å². The van der Waals surface area contributed by atoms with Crippen molar-refractivity contribution >= 4 is 23.4 Å². The maximum atomic E-state index is 11.9. The first kappa shape index (κ1) is 15.2. The number of Topliss-reactive ketones (excluding diaryl/α,β-unsaturated/α-hetero) is 1. The fourth-order valence-corrected chi connectivity index (χ4v) is 1.84. The molecule has 0 aliphatic carbocycles. The van der Waals surface area contributed by atoms with Gasteiger partial charge in [-0.05, 0) is 30.3 Å². The number of aromatic nitrogens is 1. The van der Waals surface area contributed by atoms with Crippen LogP contribution in [0.25, 0.3) is 0 Å². The zero-order chi connectivity index (χ0) is 15.1. The van der Waals surface area contributed by atoms with Crippen molar-refractivity contribution in [3.05, 3.63) is 64.9 Å². The van der Waals surface area contributed by atoms with Gasteiger partial charge in [-0.15, -0.1) is 0 Å². The number of carbonyl (C=O) groups excluding carboxylic acids is 2. The van der Waals surface area contributed by atoms with Crippen LogP contribution >= 0.6 is 11.6 Å². The summed E-state index contributed by atoms with van der Waals surface area (Å²) in [7, 11) is 0. The number of esters is 1. The highest BCUT2D eigenvalue weighted by molar-refractivity contribution is 6.30. The highest BCUT2D eigenvalue weighted by Gasteiger charge is 2.10. The Morgan fingerprint density at radius 3 is 2.52 bits per heavy atom. The van der Waals surface area contributed by atoms with Crippen molar-refractivity contribution in [2.45, 2.75) is 19.4 Å².